The molecule has 3 aliphatic rings. The smallest absolute Gasteiger partial charge is 0.342 e. The lowest BCUT2D eigenvalue weighted by Crippen LogP contribution is -2.31. The number of hydrogen-bond donors (Lipinski definition) is 0. The summed E-state index contributed by atoms with van der Waals surface area (Å²) in [5.74, 6) is 0.768. The van der Waals surface area contributed by atoms with Gasteiger partial charge in [-0.2, -0.15) is 4.99 Å². The Morgan fingerprint density at radius 1 is 1.26 bits per heavy atom. The molecule has 5 nitrogen and oxygen atoms in total. The Bertz CT molecular complexity index is 467. The van der Waals surface area contributed by atoms with Crippen LogP contribution in [0.15, 0.2) is 9.98 Å². The SMILES string of the molecule is O=C1N=C2CCCC2C(SCC(=O)N2CCCC2)=N1. The van der Waals surface area contributed by atoms with Crippen LogP contribution in [-0.2, 0) is 4.79 Å². The fourth-order valence-electron chi connectivity index (χ4n) is 2.87. The number of carbonyl (C=O) groups excluding carboxylic acids is 2. The predicted molar refractivity (Wildman–Crippen MR) is 75.9 cm³/mol. The molecule has 3 rings (SSSR count). The van der Waals surface area contributed by atoms with Crippen molar-refractivity contribution in [2.75, 3.05) is 18.8 Å². The van der Waals surface area contributed by atoms with Gasteiger partial charge in [0.05, 0.1) is 10.8 Å². The van der Waals surface area contributed by atoms with E-state index < -0.39 is 6.03 Å². The number of rotatable bonds is 2. The molecule has 102 valence electrons. The zero-order valence-corrected chi connectivity index (χ0v) is 11.6. The molecule has 1 atom stereocenters. The largest absolute Gasteiger partial charge is 0.367 e. The van der Waals surface area contributed by atoms with E-state index in [0.29, 0.717) is 5.75 Å². The number of urea groups is 1. The fraction of sp³-hybridized carbons (Fsp3) is 0.692. The van der Waals surface area contributed by atoms with Crippen LogP contribution >= 0.6 is 11.8 Å². The van der Waals surface area contributed by atoms with E-state index in [0.717, 1.165) is 55.9 Å². The van der Waals surface area contributed by atoms with E-state index in [1.54, 1.807) is 0 Å². The van der Waals surface area contributed by atoms with E-state index in [2.05, 4.69) is 9.98 Å². The molecule has 0 radical (unpaired) electrons. The molecule has 1 saturated heterocycles. The highest BCUT2D eigenvalue weighted by atomic mass is 32.2. The number of aliphatic imine (C=N–C) groups is 2. The minimum Gasteiger partial charge on any atom is -0.342 e. The summed E-state index contributed by atoms with van der Waals surface area (Å²) < 4.78 is 0. The molecule has 0 aromatic heterocycles. The Labute approximate surface area is 116 Å². The number of carbonyl (C=O) groups is 2. The maximum absolute atomic E-state index is 12.0. The second-order valence-corrected chi connectivity index (χ2v) is 6.15. The first-order valence-electron chi connectivity index (χ1n) is 6.84. The van der Waals surface area contributed by atoms with Crippen molar-refractivity contribution in [3.63, 3.8) is 0 Å². The van der Waals surface area contributed by atoms with E-state index >= 15 is 0 Å². The molecule has 0 aromatic carbocycles. The third-order valence-electron chi connectivity index (χ3n) is 3.87. The van der Waals surface area contributed by atoms with Crippen LogP contribution in [0.5, 0.6) is 0 Å². The van der Waals surface area contributed by atoms with Gasteiger partial charge in [-0.1, -0.05) is 11.8 Å². The Hall–Kier alpha value is -1.17. The molecule has 1 saturated carbocycles. The molecule has 3 amide bonds. The molecule has 0 N–H and O–H groups in total. The zero-order chi connectivity index (χ0) is 13.2. The summed E-state index contributed by atoms with van der Waals surface area (Å²) in [7, 11) is 0. The molecule has 2 heterocycles. The summed E-state index contributed by atoms with van der Waals surface area (Å²) in [6.07, 6.45) is 5.19. The van der Waals surface area contributed by atoms with Crippen LogP contribution in [0, 0.1) is 5.92 Å². The minimum atomic E-state index is -0.399. The Morgan fingerprint density at radius 2 is 2.05 bits per heavy atom. The van der Waals surface area contributed by atoms with Crippen molar-refractivity contribution in [2.24, 2.45) is 15.9 Å². The summed E-state index contributed by atoms with van der Waals surface area (Å²) in [6, 6.07) is -0.399. The van der Waals surface area contributed by atoms with Crippen molar-refractivity contribution in [3.05, 3.63) is 0 Å². The van der Waals surface area contributed by atoms with Gasteiger partial charge in [-0.15, -0.1) is 0 Å². The quantitative estimate of drug-likeness (QED) is 0.777. The lowest BCUT2D eigenvalue weighted by molar-refractivity contribution is -0.127. The minimum absolute atomic E-state index is 0.166. The van der Waals surface area contributed by atoms with Crippen LogP contribution < -0.4 is 0 Å². The number of hydrogen-bond acceptors (Lipinski definition) is 3. The van der Waals surface area contributed by atoms with Gasteiger partial charge in [-0.25, -0.2) is 9.79 Å². The molecule has 0 spiro atoms. The standard InChI is InChI=1S/C13H17N3O2S/c17-11(16-6-1-2-7-16)8-19-12-9-4-3-5-10(9)14-13(18)15-12/h9H,1-8H2. The third-order valence-corrected chi connectivity index (χ3v) is 4.94. The van der Waals surface area contributed by atoms with Crippen molar-refractivity contribution in [1.82, 2.24) is 4.90 Å². The molecule has 2 aliphatic heterocycles. The predicted octanol–water partition coefficient (Wildman–Crippen LogP) is 2.12. The first kappa shape index (κ1) is 12.8. The van der Waals surface area contributed by atoms with Crippen LogP contribution in [0.1, 0.15) is 32.1 Å². The first-order chi connectivity index (χ1) is 9.24. The molecule has 2 fully saturated rings. The molecule has 1 aliphatic carbocycles. The average molecular weight is 279 g/mol. The van der Waals surface area contributed by atoms with E-state index in [-0.39, 0.29) is 11.8 Å². The molecule has 0 aromatic rings. The number of fused-ring (bicyclic) bond motifs is 1. The Kier molecular flexibility index (Phi) is 3.68. The Balaban J connectivity index is 1.60. The van der Waals surface area contributed by atoms with Gasteiger partial charge in [0.1, 0.15) is 0 Å². The zero-order valence-electron chi connectivity index (χ0n) is 10.8. The lowest BCUT2D eigenvalue weighted by Gasteiger charge is -2.19. The van der Waals surface area contributed by atoms with Crippen LogP contribution in [0.4, 0.5) is 4.79 Å². The highest BCUT2D eigenvalue weighted by Crippen LogP contribution is 2.31. The number of amides is 3. The number of likely N-dealkylation sites (tertiary alicyclic amines) is 1. The van der Waals surface area contributed by atoms with Gasteiger partial charge in [0.15, 0.2) is 0 Å². The number of nitrogens with zero attached hydrogens (tertiary/aromatic N) is 3. The van der Waals surface area contributed by atoms with E-state index in [4.69, 9.17) is 0 Å². The molecular weight excluding hydrogens is 262 g/mol. The molecule has 6 heteroatoms. The fourth-order valence-corrected chi connectivity index (χ4v) is 3.93. The van der Waals surface area contributed by atoms with Gasteiger partial charge in [0, 0.05) is 24.7 Å². The van der Waals surface area contributed by atoms with Gasteiger partial charge in [-0.05, 0) is 32.1 Å². The normalized spacial score (nSPS) is 26.2. The van der Waals surface area contributed by atoms with Crippen LogP contribution in [0.3, 0.4) is 0 Å². The van der Waals surface area contributed by atoms with Crippen LogP contribution in [0.25, 0.3) is 0 Å². The Morgan fingerprint density at radius 3 is 2.84 bits per heavy atom. The number of thioether (sulfide) groups is 1. The monoisotopic (exact) mass is 279 g/mol. The maximum atomic E-state index is 12.0. The molecule has 1 unspecified atom stereocenters. The van der Waals surface area contributed by atoms with Gasteiger partial charge < -0.3 is 4.90 Å². The van der Waals surface area contributed by atoms with Gasteiger partial charge in [0.2, 0.25) is 5.91 Å². The summed E-state index contributed by atoms with van der Waals surface area (Å²) in [4.78, 5) is 33.3. The lowest BCUT2D eigenvalue weighted by atomic mass is 10.1. The van der Waals surface area contributed by atoms with E-state index in [1.807, 2.05) is 4.90 Å². The maximum Gasteiger partial charge on any atom is 0.367 e. The van der Waals surface area contributed by atoms with Crippen molar-refractivity contribution >= 4 is 34.5 Å². The third kappa shape index (κ3) is 2.73. The highest BCUT2D eigenvalue weighted by molar-refractivity contribution is 8.14. The molecule has 19 heavy (non-hydrogen) atoms. The topological polar surface area (TPSA) is 62.1 Å². The van der Waals surface area contributed by atoms with E-state index in [9.17, 15) is 9.59 Å². The van der Waals surface area contributed by atoms with E-state index in [1.165, 1.54) is 11.8 Å². The van der Waals surface area contributed by atoms with Crippen molar-refractivity contribution in [1.29, 1.82) is 0 Å². The van der Waals surface area contributed by atoms with Gasteiger partial charge >= 0.3 is 6.03 Å². The second kappa shape index (κ2) is 5.45. The van der Waals surface area contributed by atoms with Gasteiger partial charge in [0.25, 0.3) is 0 Å². The average Bonchev–Trinajstić information content (AvgIpc) is 3.05. The van der Waals surface area contributed by atoms with Crippen LogP contribution in [-0.4, -0.2) is 46.4 Å². The summed E-state index contributed by atoms with van der Waals surface area (Å²) >= 11 is 1.43. The summed E-state index contributed by atoms with van der Waals surface area (Å²) in [5, 5.41) is 0.806. The van der Waals surface area contributed by atoms with Crippen LogP contribution in [0.2, 0.25) is 0 Å². The second-order valence-electron chi connectivity index (χ2n) is 5.16. The highest BCUT2D eigenvalue weighted by Gasteiger charge is 2.32. The summed E-state index contributed by atoms with van der Waals surface area (Å²) in [5.41, 5.74) is 0.969. The summed E-state index contributed by atoms with van der Waals surface area (Å²) in [6.45, 7) is 1.75. The van der Waals surface area contributed by atoms with Gasteiger partial charge in [-0.3, -0.25) is 4.79 Å². The first-order valence-corrected chi connectivity index (χ1v) is 7.83. The molecule has 0 bridgehead atoms. The molecular formula is C13H17N3O2S. The van der Waals surface area contributed by atoms with Crippen molar-refractivity contribution < 1.29 is 9.59 Å². The van der Waals surface area contributed by atoms with Crippen molar-refractivity contribution in [3.8, 4) is 0 Å². The van der Waals surface area contributed by atoms with Crippen molar-refractivity contribution in [2.45, 2.75) is 32.1 Å².